The lowest BCUT2D eigenvalue weighted by Crippen LogP contribution is -2.47. The number of hydrogen-bond acceptors (Lipinski definition) is 4. The lowest BCUT2D eigenvalue weighted by Gasteiger charge is -2.33. The van der Waals surface area contributed by atoms with Gasteiger partial charge >= 0.3 is 5.97 Å². The van der Waals surface area contributed by atoms with Crippen LogP contribution >= 0.6 is 0 Å². The van der Waals surface area contributed by atoms with Crippen LogP contribution in [0.15, 0.2) is 60.7 Å². The molecule has 3 atom stereocenters. The van der Waals surface area contributed by atoms with E-state index in [1.54, 1.807) is 0 Å². The van der Waals surface area contributed by atoms with Gasteiger partial charge < -0.3 is 9.53 Å². The molecule has 1 saturated heterocycles. The van der Waals surface area contributed by atoms with E-state index in [0.29, 0.717) is 18.3 Å². The maximum Gasteiger partial charge on any atom is 0.323 e. The van der Waals surface area contributed by atoms with Crippen molar-refractivity contribution in [3.8, 4) is 0 Å². The molecule has 1 aliphatic heterocycles. The summed E-state index contributed by atoms with van der Waals surface area (Å²) in [5, 5.41) is 0. The van der Waals surface area contributed by atoms with Crippen molar-refractivity contribution in [1.82, 2.24) is 4.90 Å². The Morgan fingerprint density at radius 1 is 1.07 bits per heavy atom. The van der Waals surface area contributed by atoms with Crippen LogP contribution in [0.5, 0.6) is 0 Å². The molecule has 0 aliphatic carbocycles. The van der Waals surface area contributed by atoms with Gasteiger partial charge in [0.2, 0.25) is 0 Å². The monoisotopic (exact) mass is 407 g/mol. The molecule has 1 heterocycles. The van der Waals surface area contributed by atoms with Gasteiger partial charge in [0.25, 0.3) is 0 Å². The van der Waals surface area contributed by atoms with Crippen LogP contribution in [0.1, 0.15) is 44.2 Å². The Morgan fingerprint density at radius 2 is 1.70 bits per heavy atom. The third-order valence-corrected chi connectivity index (χ3v) is 6.00. The van der Waals surface area contributed by atoms with Crippen LogP contribution in [0.2, 0.25) is 0 Å². The molecule has 1 fully saturated rings. The average Bonchev–Trinajstić information content (AvgIpc) is 3.14. The molecule has 0 unspecified atom stereocenters. The first-order valence-corrected chi connectivity index (χ1v) is 11.0. The zero-order valence-electron chi connectivity index (χ0n) is 18.1. The molecule has 4 heteroatoms. The molecule has 0 N–H and O–H groups in total. The quantitative estimate of drug-likeness (QED) is 0.424. The van der Waals surface area contributed by atoms with E-state index in [2.05, 4.69) is 43.0 Å². The molecule has 0 aromatic heterocycles. The molecule has 2 aromatic carbocycles. The minimum Gasteiger partial charge on any atom is -0.460 e. The summed E-state index contributed by atoms with van der Waals surface area (Å²) in [6.45, 7) is 5.37. The maximum absolute atomic E-state index is 13.1. The SMILES string of the molecule is CC(C)C[C@@H](C(=O)OCc1ccccc1)N1CC[C@@H](Cc2ccccc2)[C@H]1CC=O. The number of hydrogen-bond donors (Lipinski definition) is 0. The van der Waals surface area contributed by atoms with Crippen LogP contribution in [0.25, 0.3) is 0 Å². The lowest BCUT2D eigenvalue weighted by atomic mass is 9.90. The molecule has 0 spiro atoms. The van der Waals surface area contributed by atoms with Gasteiger partial charge in [-0.15, -0.1) is 0 Å². The molecular formula is C26H33NO3. The highest BCUT2D eigenvalue weighted by Crippen LogP contribution is 2.33. The number of ether oxygens (including phenoxy) is 1. The number of carbonyl (C=O) groups is 2. The highest BCUT2D eigenvalue weighted by atomic mass is 16.5. The Balaban J connectivity index is 1.72. The van der Waals surface area contributed by atoms with E-state index < -0.39 is 0 Å². The molecule has 0 radical (unpaired) electrons. The minimum atomic E-state index is -0.306. The van der Waals surface area contributed by atoms with E-state index in [9.17, 15) is 9.59 Å². The van der Waals surface area contributed by atoms with Gasteiger partial charge in [0.15, 0.2) is 0 Å². The molecule has 4 nitrogen and oxygen atoms in total. The molecule has 30 heavy (non-hydrogen) atoms. The third kappa shape index (κ3) is 6.02. The lowest BCUT2D eigenvalue weighted by molar-refractivity contribution is -0.153. The fraction of sp³-hybridized carbons (Fsp3) is 0.462. The van der Waals surface area contributed by atoms with Crippen molar-refractivity contribution < 1.29 is 14.3 Å². The predicted octanol–water partition coefficient (Wildman–Crippen LogP) is 4.67. The number of esters is 1. The van der Waals surface area contributed by atoms with Gasteiger partial charge in [-0.1, -0.05) is 74.5 Å². The minimum absolute atomic E-state index is 0.0794. The summed E-state index contributed by atoms with van der Waals surface area (Å²) in [6.07, 6.45) is 4.12. The van der Waals surface area contributed by atoms with E-state index in [0.717, 1.165) is 37.7 Å². The summed E-state index contributed by atoms with van der Waals surface area (Å²) in [6, 6.07) is 20.0. The highest BCUT2D eigenvalue weighted by Gasteiger charge is 2.41. The maximum atomic E-state index is 13.1. The van der Waals surface area contributed by atoms with E-state index in [4.69, 9.17) is 4.74 Å². The van der Waals surface area contributed by atoms with Crippen molar-refractivity contribution in [2.75, 3.05) is 6.54 Å². The Labute approximate surface area is 180 Å². The summed E-state index contributed by atoms with van der Waals surface area (Å²) >= 11 is 0. The molecule has 3 rings (SSSR count). The number of benzene rings is 2. The third-order valence-electron chi connectivity index (χ3n) is 6.00. The van der Waals surface area contributed by atoms with Gasteiger partial charge in [-0.25, -0.2) is 0 Å². The van der Waals surface area contributed by atoms with Crippen molar-refractivity contribution in [1.29, 1.82) is 0 Å². The van der Waals surface area contributed by atoms with Gasteiger partial charge in [-0.05, 0) is 48.8 Å². The second kappa shape index (κ2) is 11.1. The number of nitrogens with zero attached hydrogens (tertiary/aromatic N) is 1. The van der Waals surface area contributed by atoms with Gasteiger partial charge in [0.05, 0.1) is 0 Å². The Bertz CT molecular complexity index is 790. The van der Waals surface area contributed by atoms with Crippen molar-refractivity contribution in [3.63, 3.8) is 0 Å². The largest absolute Gasteiger partial charge is 0.460 e. The van der Waals surface area contributed by atoms with Crippen molar-refractivity contribution in [2.24, 2.45) is 11.8 Å². The first-order valence-electron chi connectivity index (χ1n) is 11.0. The van der Waals surface area contributed by atoms with Crippen LogP contribution in [0.3, 0.4) is 0 Å². The molecule has 160 valence electrons. The van der Waals surface area contributed by atoms with Crippen molar-refractivity contribution >= 4 is 12.3 Å². The summed E-state index contributed by atoms with van der Waals surface area (Å²) in [5.41, 5.74) is 2.27. The Morgan fingerprint density at radius 3 is 2.30 bits per heavy atom. The van der Waals surface area contributed by atoms with E-state index in [1.807, 2.05) is 36.4 Å². The zero-order valence-corrected chi connectivity index (χ0v) is 18.1. The smallest absolute Gasteiger partial charge is 0.323 e. The first-order chi connectivity index (χ1) is 14.6. The van der Waals surface area contributed by atoms with Gasteiger partial charge in [-0.2, -0.15) is 0 Å². The van der Waals surface area contributed by atoms with Crippen LogP contribution in [0.4, 0.5) is 0 Å². The first kappa shape index (κ1) is 22.2. The van der Waals surface area contributed by atoms with Gasteiger partial charge in [-0.3, -0.25) is 9.69 Å². The predicted molar refractivity (Wildman–Crippen MR) is 119 cm³/mol. The Hall–Kier alpha value is -2.46. The van der Waals surface area contributed by atoms with E-state index in [1.165, 1.54) is 5.56 Å². The molecule has 1 aliphatic rings. The topological polar surface area (TPSA) is 46.6 Å². The number of likely N-dealkylation sites (tertiary alicyclic amines) is 1. The fourth-order valence-corrected chi connectivity index (χ4v) is 4.55. The highest BCUT2D eigenvalue weighted by molar-refractivity contribution is 5.76. The van der Waals surface area contributed by atoms with Gasteiger partial charge in [0, 0.05) is 12.5 Å². The average molecular weight is 408 g/mol. The molecular weight excluding hydrogens is 374 g/mol. The summed E-state index contributed by atoms with van der Waals surface area (Å²) in [4.78, 5) is 26.8. The summed E-state index contributed by atoms with van der Waals surface area (Å²) in [5.74, 6) is 0.558. The summed E-state index contributed by atoms with van der Waals surface area (Å²) in [7, 11) is 0. The normalized spacial score (nSPS) is 20.2. The molecule has 0 amide bonds. The summed E-state index contributed by atoms with van der Waals surface area (Å²) < 4.78 is 5.71. The number of aldehydes is 1. The van der Waals surface area contributed by atoms with Crippen molar-refractivity contribution in [2.45, 2.75) is 58.2 Å². The van der Waals surface area contributed by atoms with Crippen molar-refractivity contribution in [3.05, 3.63) is 71.8 Å². The van der Waals surface area contributed by atoms with E-state index >= 15 is 0 Å². The van der Waals surface area contributed by atoms with Gasteiger partial charge in [0.1, 0.15) is 18.9 Å². The van der Waals surface area contributed by atoms with Crippen LogP contribution < -0.4 is 0 Å². The fourth-order valence-electron chi connectivity index (χ4n) is 4.55. The standard InChI is InChI=1S/C26H33NO3/c1-20(2)17-25(26(29)30-19-22-11-7-4-8-12-22)27-15-13-23(24(27)14-16-28)18-21-9-5-3-6-10-21/h3-12,16,20,23-25H,13-15,17-19H2,1-2H3/t23-,24+,25-/m0/s1. The van der Waals surface area contributed by atoms with E-state index in [-0.39, 0.29) is 24.7 Å². The molecule has 0 bridgehead atoms. The second-order valence-corrected chi connectivity index (χ2v) is 8.68. The van der Waals surface area contributed by atoms with Crippen LogP contribution in [-0.4, -0.2) is 35.8 Å². The number of carbonyl (C=O) groups excluding carboxylic acids is 2. The molecule has 2 aromatic rings. The second-order valence-electron chi connectivity index (χ2n) is 8.68. The number of rotatable bonds is 10. The zero-order chi connectivity index (χ0) is 21.3. The Kier molecular flexibility index (Phi) is 8.21. The van der Waals surface area contributed by atoms with Crippen LogP contribution in [0, 0.1) is 11.8 Å². The molecule has 0 saturated carbocycles. The van der Waals surface area contributed by atoms with Crippen LogP contribution in [-0.2, 0) is 27.4 Å².